The number of hydrogen-bond donors (Lipinski definition) is 3. The van der Waals surface area contributed by atoms with Gasteiger partial charge in [-0.05, 0) is 47.9 Å². The van der Waals surface area contributed by atoms with Gasteiger partial charge in [0.2, 0.25) is 5.91 Å². The Balaban J connectivity index is 1.43. The van der Waals surface area contributed by atoms with Gasteiger partial charge < -0.3 is 30.0 Å². The van der Waals surface area contributed by atoms with Crippen molar-refractivity contribution in [3.05, 3.63) is 95.1 Å². The molecule has 10 heteroatoms. The maximum absolute atomic E-state index is 12.2. The molecule has 0 saturated carbocycles. The predicted molar refractivity (Wildman–Crippen MR) is 159 cm³/mol. The minimum Gasteiger partial charge on any atom is -0.453 e. The molecule has 1 aliphatic rings. The first-order valence-electron chi connectivity index (χ1n) is 13.7. The number of anilines is 1. The van der Waals surface area contributed by atoms with Crippen molar-refractivity contribution in [2.24, 2.45) is 0 Å². The zero-order valence-electron chi connectivity index (χ0n) is 23.9. The summed E-state index contributed by atoms with van der Waals surface area (Å²) < 4.78 is 17.8. The normalized spacial score (nSPS) is 19.0. The fraction of sp³-hybridized carbons (Fsp3) is 0.344. The Morgan fingerprint density at radius 1 is 0.929 bits per heavy atom. The van der Waals surface area contributed by atoms with Crippen LogP contribution in [0.1, 0.15) is 61.8 Å². The second-order valence-corrected chi connectivity index (χ2v) is 11.2. The smallest absolute Gasteiger partial charge is 0.303 e. The Hall–Kier alpha value is -3.70. The minimum atomic E-state index is -0.862. The van der Waals surface area contributed by atoms with E-state index in [4.69, 9.17) is 14.2 Å². The molecule has 3 N–H and O–H groups in total. The number of aliphatic hydroxyl groups excluding tert-OH is 1. The van der Waals surface area contributed by atoms with Crippen molar-refractivity contribution in [3.8, 4) is 0 Å². The van der Waals surface area contributed by atoms with Crippen LogP contribution in [0.2, 0.25) is 0 Å². The topological polar surface area (TPSA) is 123 Å². The number of carbonyl (C=O) groups excluding carboxylic acids is 3. The van der Waals surface area contributed by atoms with Gasteiger partial charge in [0.05, 0.1) is 18.8 Å². The molecule has 4 atom stereocenters. The van der Waals surface area contributed by atoms with E-state index in [-0.39, 0.29) is 37.2 Å². The number of aliphatic hydroxyl groups is 1. The van der Waals surface area contributed by atoms with E-state index in [9.17, 15) is 19.5 Å². The number of ether oxygens (including phenoxy) is 3. The van der Waals surface area contributed by atoms with Gasteiger partial charge in [0, 0.05) is 48.7 Å². The largest absolute Gasteiger partial charge is 0.453 e. The van der Waals surface area contributed by atoms with Crippen LogP contribution < -0.4 is 10.6 Å². The summed E-state index contributed by atoms with van der Waals surface area (Å²) in [5.74, 6) is -0.279. The van der Waals surface area contributed by atoms with E-state index in [1.807, 2.05) is 72.8 Å². The van der Waals surface area contributed by atoms with E-state index in [0.29, 0.717) is 12.2 Å². The van der Waals surface area contributed by atoms with E-state index in [1.54, 1.807) is 11.8 Å². The summed E-state index contributed by atoms with van der Waals surface area (Å²) in [5.41, 5.74) is 4.33. The molecular weight excluding hydrogens is 556 g/mol. The van der Waals surface area contributed by atoms with Crippen molar-refractivity contribution in [1.82, 2.24) is 5.32 Å². The van der Waals surface area contributed by atoms with Gasteiger partial charge in [0.1, 0.15) is 0 Å². The third-order valence-electron chi connectivity index (χ3n) is 6.66. The number of thioether (sulfide) groups is 1. The maximum Gasteiger partial charge on any atom is 0.303 e. The van der Waals surface area contributed by atoms with Gasteiger partial charge in [-0.2, -0.15) is 0 Å². The van der Waals surface area contributed by atoms with E-state index in [2.05, 4.69) is 10.6 Å². The van der Waals surface area contributed by atoms with Crippen molar-refractivity contribution >= 4 is 35.2 Å². The Bertz CT molecular complexity index is 1350. The molecule has 0 radical (unpaired) electrons. The number of rotatable bonds is 11. The van der Waals surface area contributed by atoms with Gasteiger partial charge in [-0.3, -0.25) is 14.4 Å². The Morgan fingerprint density at radius 3 is 2.19 bits per heavy atom. The van der Waals surface area contributed by atoms with Gasteiger partial charge in [0.15, 0.2) is 12.4 Å². The lowest BCUT2D eigenvalue weighted by molar-refractivity contribution is -0.245. The second-order valence-electron chi connectivity index (χ2n) is 10.1. The van der Waals surface area contributed by atoms with Crippen molar-refractivity contribution in [2.75, 3.05) is 11.1 Å². The number of amides is 2. The first-order valence-corrected chi connectivity index (χ1v) is 14.7. The Morgan fingerprint density at radius 2 is 1.57 bits per heavy atom. The molecule has 0 aliphatic carbocycles. The second kappa shape index (κ2) is 15.0. The van der Waals surface area contributed by atoms with Crippen LogP contribution in [-0.2, 0) is 41.7 Å². The van der Waals surface area contributed by atoms with Crippen LogP contribution in [-0.4, -0.2) is 40.9 Å². The summed E-state index contributed by atoms with van der Waals surface area (Å²) in [6.45, 7) is 4.54. The number of benzene rings is 3. The van der Waals surface area contributed by atoms with E-state index in [1.165, 1.54) is 20.8 Å². The summed E-state index contributed by atoms with van der Waals surface area (Å²) in [7, 11) is 0. The lowest BCUT2D eigenvalue weighted by Crippen LogP contribution is -2.35. The van der Waals surface area contributed by atoms with Crippen LogP contribution in [0.5, 0.6) is 0 Å². The first kappa shape index (κ1) is 31.2. The van der Waals surface area contributed by atoms with Crippen molar-refractivity contribution in [3.63, 3.8) is 0 Å². The molecule has 1 heterocycles. The highest BCUT2D eigenvalue weighted by atomic mass is 32.2. The molecule has 1 aliphatic heterocycles. The van der Waals surface area contributed by atoms with Gasteiger partial charge >= 0.3 is 5.97 Å². The summed E-state index contributed by atoms with van der Waals surface area (Å²) in [6.07, 6.45) is -1.10. The molecular formula is C32H36N2O7S. The lowest BCUT2D eigenvalue weighted by Gasteiger charge is -2.36. The maximum atomic E-state index is 12.2. The summed E-state index contributed by atoms with van der Waals surface area (Å²) in [6, 6.07) is 23.1. The van der Waals surface area contributed by atoms with Gasteiger partial charge in [-0.1, -0.05) is 48.5 Å². The van der Waals surface area contributed by atoms with Crippen LogP contribution >= 0.6 is 11.8 Å². The number of nitrogens with one attached hydrogen (secondary N) is 2. The lowest BCUT2D eigenvalue weighted by atomic mass is 10.0. The minimum absolute atomic E-state index is 0.0208. The zero-order chi connectivity index (χ0) is 30.1. The number of hydrogen-bond acceptors (Lipinski definition) is 8. The fourth-order valence-corrected chi connectivity index (χ4v) is 5.40. The van der Waals surface area contributed by atoms with Crippen LogP contribution in [0.3, 0.4) is 0 Å². The number of esters is 1. The number of carbonyl (C=O) groups is 3. The molecule has 222 valence electrons. The van der Waals surface area contributed by atoms with Gasteiger partial charge in [0.25, 0.3) is 5.91 Å². The van der Waals surface area contributed by atoms with Crippen molar-refractivity contribution < 1.29 is 33.7 Å². The molecule has 1 saturated heterocycles. The van der Waals surface area contributed by atoms with Crippen LogP contribution in [0, 0.1) is 0 Å². The molecule has 0 spiro atoms. The molecule has 0 unspecified atom stereocenters. The monoisotopic (exact) mass is 592 g/mol. The predicted octanol–water partition coefficient (Wildman–Crippen LogP) is 5.04. The first-order chi connectivity index (χ1) is 20.2. The third kappa shape index (κ3) is 9.15. The molecule has 9 nitrogen and oxygen atoms in total. The molecule has 1 fully saturated rings. The van der Waals surface area contributed by atoms with E-state index in [0.717, 1.165) is 32.8 Å². The molecule has 0 bridgehead atoms. The standard InChI is InChI=1S/C32H36N2O7S/c1-20(39-22(3)37)31(38)33-17-23-4-10-26(11-5-23)32-40-28(16-30(41-32)25-8-6-24(18-35)7-9-25)19-42-29-14-12-27(13-15-29)34-21(2)36/h4-15,20,28,30,32,35H,16-19H2,1-3H3,(H,33,38)(H,34,36)/t20-,28-,30+,32+/m0/s1. The SMILES string of the molecule is CC(=O)Nc1ccc(SC[C@@H]2C[C@H](c3ccc(CO)cc3)O[C@H](c3ccc(CNC(=O)[C@H](C)OC(C)=O)cc3)O2)cc1. The molecule has 2 amide bonds. The summed E-state index contributed by atoms with van der Waals surface area (Å²) >= 11 is 1.67. The third-order valence-corrected chi connectivity index (χ3v) is 7.80. The molecule has 42 heavy (non-hydrogen) atoms. The average molecular weight is 593 g/mol. The molecule has 3 aromatic rings. The quantitative estimate of drug-likeness (QED) is 0.209. The highest BCUT2D eigenvalue weighted by Gasteiger charge is 2.32. The van der Waals surface area contributed by atoms with Crippen molar-refractivity contribution in [1.29, 1.82) is 0 Å². The van der Waals surface area contributed by atoms with Crippen molar-refractivity contribution in [2.45, 2.75) is 69.8 Å². The van der Waals surface area contributed by atoms with E-state index >= 15 is 0 Å². The fourth-order valence-electron chi connectivity index (χ4n) is 4.48. The van der Waals surface area contributed by atoms with Crippen LogP contribution in [0.15, 0.2) is 77.7 Å². The Labute approximate surface area is 249 Å². The summed E-state index contributed by atoms with van der Waals surface area (Å²) in [5, 5.41) is 15.0. The average Bonchev–Trinajstić information content (AvgIpc) is 2.99. The van der Waals surface area contributed by atoms with Crippen LogP contribution in [0.25, 0.3) is 0 Å². The highest BCUT2D eigenvalue weighted by Crippen LogP contribution is 2.39. The summed E-state index contributed by atoms with van der Waals surface area (Å²) in [4.78, 5) is 35.6. The molecule has 3 aromatic carbocycles. The van der Waals surface area contributed by atoms with E-state index < -0.39 is 18.4 Å². The van der Waals surface area contributed by atoms with Gasteiger partial charge in [-0.25, -0.2) is 0 Å². The molecule has 4 rings (SSSR count). The Kier molecular flexibility index (Phi) is 11.1. The molecule has 0 aromatic heterocycles. The zero-order valence-corrected chi connectivity index (χ0v) is 24.7. The van der Waals surface area contributed by atoms with Gasteiger partial charge in [-0.15, -0.1) is 11.8 Å². The van der Waals surface area contributed by atoms with Crippen LogP contribution in [0.4, 0.5) is 5.69 Å². The highest BCUT2D eigenvalue weighted by molar-refractivity contribution is 7.99.